The zero-order valence-corrected chi connectivity index (χ0v) is 11.5. The molecule has 3 N–H and O–H groups in total. The van der Waals surface area contributed by atoms with Gasteiger partial charge in [-0.25, -0.2) is 0 Å². The lowest BCUT2D eigenvalue weighted by Gasteiger charge is -2.25. The first-order valence-corrected chi connectivity index (χ1v) is 5.43. The van der Waals surface area contributed by atoms with Crippen LogP contribution in [0.25, 0.3) is 0 Å². The highest BCUT2D eigenvalue weighted by molar-refractivity contribution is 5.94. The smallest absolute Gasteiger partial charge is 0.241 e. The highest BCUT2D eigenvalue weighted by atomic mass is 35.5. The van der Waals surface area contributed by atoms with Crippen molar-refractivity contribution < 1.29 is 4.79 Å². The van der Waals surface area contributed by atoms with Gasteiger partial charge in [-0.2, -0.15) is 5.10 Å². The van der Waals surface area contributed by atoms with Gasteiger partial charge >= 0.3 is 0 Å². The third-order valence-electron chi connectivity index (χ3n) is 2.44. The van der Waals surface area contributed by atoms with Gasteiger partial charge in [-0.15, -0.1) is 12.4 Å². The van der Waals surface area contributed by atoms with Crippen molar-refractivity contribution in [1.82, 2.24) is 9.78 Å². The van der Waals surface area contributed by atoms with Crippen molar-refractivity contribution in [3.8, 4) is 0 Å². The molecule has 0 aliphatic carbocycles. The molecule has 0 bridgehead atoms. The largest absolute Gasteiger partial charge is 0.322 e. The van der Waals surface area contributed by atoms with Gasteiger partial charge in [0.1, 0.15) is 0 Å². The second-order valence-corrected chi connectivity index (χ2v) is 4.92. The van der Waals surface area contributed by atoms with Crippen molar-refractivity contribution in [2.75, 3.05) is 5.32 Å². The van der Waals surface area contributed by atoms with Crippen LogP contribution in [-0.4, -0.2) is 21.7 Å². The Morgan fingerprint density at radius 2 is 2.18 bits per heavy atom. The minimum absolute atomic E-state index is 0. The van der Waals surface area contributed by atoms with Crippen molar-refractivity contribution in [1.29, 1.82) is 0 Å². The number of aromatic nitrogens is 2. The van der Waals surface area contributed by atoms with E-state index < -0.39 is 6.04 Å². The Kier molecular flexibility index (Phi) is 5.64. The number of nitrogens with one attached hydrogen (secondary N) is 1. The lowest BCUT2D eigenvalue weighted by Crippen LogP contribution is -2.45. The number of aryl methyl sites for hydroxylation is 1. The summed E-state index contributed by atoms with van der Waals surface area (Å²) in [5.41, 5.74) is 6.28. The maximum Gasteiger partial charge on any atom is 0.241 e. The minimum Gasteiger partial charge on any atom is -0.322 e. The molecule has 1 rings (SSSR count). The Morgan fingerprint density at radius 3 is 2.59 bits per heavy atom. The first-order chi connectivity index (χ1) is 7.34. The third kappa shape index (κ3) is 4.36. The van der Waals surface area contributed by atoms with Crippen LogP contribution in [0.3, 0.4) is 0 Å². The van der Waals surface area contributed by atoms with Crippen LogP contribution in [0.5, 0.6) is 0 Å². The normalized spacial score (nSPS) is 12.8. The van der Waals surface area contributed by atoms with Crippen molar-refractivity contribution in [3.63, 3.8) is 0 Å². The van der Waals surface area contributed by atoms with Crippen LogP contribution in [0.4, 0.5) is 5.69 Å². The van der Waals surface area contributed by atoms with Gasteiger partial charge in [0, 0.05) is 12.7 Å². The fourth-order valence-electron chi connectivity index (χ4n) is 1.21. The number of hydrogen-bond donors (Lipinski definition) is 2. The molecule has 0 spiro atoms. The monoisotopic (exact) mass is 260 g/mol. The van der Waals surface area contributed by atoms with Crippen LogP contribution in [0, 0.1) is 5.41 Å². The Bertz CT molecular complexity index is 370. The molecular formula is C11H21ClN4O. The molecule has 6 heteroatoms. The van der Waals surface area contributed by atoms with Crippen LogP contribution in [0.1, 0.15) is 27.7 Å². The minimum atomic E-state index is -0.530. The number of carbonyl (C=O) groups is 1. The zero-order valence-electron chi connectivity index (χ0n) is 10.7. The van der Waals surface area contributed by atoms with Crippen molar-refractivity contribution >= 4 is 24.0 Å². The van der Waals surface area contributed by atoms with Gasteiger partial charge in [0.25, 0.3) is 0 Å². The molecule has 0 unspecified atom stereocenters. The quantitative estimate of drug-likeness (QED) is 0.868. The molecule has 1 aromatic rings. The van der Waals surface area contributed by atoms with Gasteiger partial charge in [0.15, 0.2) is 0 Å². The second-order valence-electron chi connectivity index (χ2n) is 4.92. The SMILES string of the molecule is CCn1cc(NC(=O)[C@@H](N)C(C)(C)C)cn1.Cl. The predicted molar refractivity (Wildman–Crippen MR) is 71.2 cm³/mol. The maximum atomic E-state index is 11.8. The molecule has 1 aromatic heterocycles. The van der Waals surface area contributed by atoms with Crippen molar-refractivity contribution in [2.45, 2.75) is 40.3 Å². The van der Waals surface area contributed by atoms with Crippen LogP contribution < -0.4 is 11.1 Å². The second kappa shape index (κ2) is 6.02. The molecule has 0 aromatic carbocycles. The van der Waals surface area contributed by atoms with Crippen LogP contribution in [0.2, 0.25) is 0 Å². The Balaban J connectivity index is 0.00000256. The highest BCUT2D eigenvalue weighted by Gasteiger charge is 2.27. The topological polar surface area (TPSA) is 72.9 Å². The van der Waals surface area contributed by atoms with Gasteiger partial charge in [0.2, 0.25) is 5.91 Å². The molecule has 0 aliphatic rings. The number of nitrogens with zero attached hydrogens (tertiary/aromatic N) is 2. The van der Waals surface area contributed by atoms with Crippen LogP contribution in [-0.2, 0) is 11.3 Å². The molecule has 1 heterocycles. The van der Waals surface area contributed by atoms with Crippen molar-refractivity contribution in [3.05, 3.63) is 12.4 Å². The summed E-state index contributed by atoms with van der Waals surface area (Å²) < 4.78 is 1.75. The molecule has 0 fully saturated rings. The van der Waals surface area contributed by atoms with E-state index >= 15 is 0 Å². The Hall–Kier alpha value is -1.07. The van der Waals surface area contributed by atoms with Gasteiger partial charge < -0.3 is 11.1 Å². The summed E-state index contributed by atoms with van der Waals surface area (Å²) in [6.45, 7) is 8.58. The predicted octanol–water partition coefficient (Wildman–Crippen LogP) is 1.64. The summed E-state index contributed by atoms with van der Waals surface area (Å²) >= 11 is 0. The Labute approximate surface area is 108 Å². The molecule has 0 aliphatic heterocycles. The molecule has 0 saturated heterocycles. The van der Waals surface area contributed by atoms with Gasteiger partial charge in [-0.05, 0) is 12.3 Å². The molecular weight excluding hydrogens is 240 g/mol. The third-order valence-corrected chi connectivity index (χ3v) is 2.44. The summed E-state index contributed by atoms with van der Waals surface area (Å²) in [5, 5.41) is 6.83. The zero-order chi connectivity index (χ0) is 12.3. The number of halogens is 1. The standard InChI is InChI=1S/C11H20N4O.ClH/c1-5-15-7-8(6-13-15)14-10(16)9(12)11(2,3)4;/h6-7,9H,5,12H2,1-4H3,(H,14,16);1H/t9-;/m1./s1. The molecule has 0 radical (unpaired) electrons. The first kappa shape index (κ1) is 15.9. The fourth-order valence-corrected chi connectivity index (χ4v) is 1.21. The van der Waals surface area contributed by atoms with E-state index in [1.54, 1.807) is 17.1 Å². The van der Waals surface area contributed by atoms with Gasteiger partial charge in [0.05, 0.1) is 17.9 Å². The van der Waals surface area contributed by atoms with Gasteiger partial charge in [-0.3, -0.25) is 9.48 Å². The molecule has 1 atom stereocenters. The van der Waals surface area contributed by atoms with E-state index in [-0.39, 0.29) is 23.7 Å². The number of amides is 1. The van der Waals surface area contributed by atoms with E-state index in [0.717, 1.165) is 6.54 Å². The van der Waals surface area contributed by atoms with Crippen LogP contribution in [0.15, 0.2) is 12.4 Å². The average molecular weight is 261 g/mol. The van der Waals surface area contributed by atoms with Crippen LogP contribution >= 0.6 is 12.4 Å². The molecule has 5 nitrogen and oxygen atoms in total. The number of anilines is 1. The molecule has 17 heavy (non-hydrogen) atoms. The number of nitrogens with two attached hydrogens (primary N) is 1. The molecule has 98 valence electrons. The fraction of sp³-hybridized carbons (Fsp3) is 0.636. The summed E-state index contributed by atoms with van der Waals surface area (Å²) in [6.07, 6.45) is 3.41. The van der Waals surface area contributed by atoms with E-state index in [4.69, 9.17) is 5.73 Å². The highest BCUT2D eigenvalue weighted by Crippen LogP contribution is 2.18. The maximum absolute atomic E-state index is 11.8. The van der Waals surface area contributed by atoms with E-state index in [9.17, 15) is 4.79 Å². The van der Waals surface area contributed by atoms with E-state index in [1.807, 2.05) is 27.7 Å². The number of rotatable bonds is 3. The summed E-state index contributed by atoms with van der Waals surface area (Å²) in [5.74, 6) is -0.178. The van der Waals surface area contributed by atoms with E-state index in [1.165, 1.54) is 0 Å². The summed E-state index contributed by atoms with van der Waals surface area (Å²) in [4.78, 5) is 11.8. The number of carbonyl (C=O) groups excluding carboxylic acids is 1. The lowest BCUT2D eigenvalue weighted by molar-refractivity contribution is -0.119. The van der Waals surface area contributed by atoms with E-state index in [2.05, 4.69) is 10.4 Å². The van der Waals surface area contributed by atoms with Gasteiger partial charge in [-0.1, -0.05) is 20.8 Å². The summed E-state index contributed by atoms with van der Waals surface area (Å²) in [6, 6.07) is -0.530. The van der Waals surface area contributed by atoms with E-state index in [0.29, 0.717) is 5.69 Å². The van der Waals surface area contributed by atoms with Crippen molar-refractivity contribution in [2.24, 2.45) is 11.1 Å². The summed E-state index contributed by atoms with van der Waals surface area (Å²) in [7, 11) is 0. The first-order valence-electron chi connectivity index (χ1n) is 5.43. The number of hydrogen-bond acceptors (Lipinski definition) is 3. The molecule has 1 amide bonds. The average Bonchev–Trinajstić information content (AvgIpc) is 2.63. The lowest BCUT2D eigenvalue weighted by atomic mass is 9.87. The molecule has 0 saturated carbocycles. The Morgan fingerprint density at radius 1 is 1.59 bits per heavy atom.